The number of aromatic nitrogens is 1. The van der Waals surface area contributed by atoms with Crippen LogP contribution < -0.4 is 10.6 Å². The molecule has 1 aromatic carbocycles. The van der Waals surface area contributed by atoms with Crippen LogP contribution >= 0.6 is 0 Å². The van der Waals surface area contributed by atoms with Gasteiger partial charge in [-0.15, -0.1) is 0 Å². The zero-order valence-electron chi connectivity index (χ0n) is 11.9. The van der Waals surface area contributed by atoms with Crippen molar-refractivity contribution in [3.8, 4) is 0 Å². The number of nitrogen functional groups attached to an aromatic ring is 1. The number of para-hydroxylation sites is 1. The molecule has 0 fully saturated rings. The number of nitrogens with zero attached hydrogens (tertiary/aromatic N) is 2. The highest BCUT2D eigenvalue weighted by molar-refractivity contribution is 6.06. The predicted octanol–water partition coefficient (Wildman–Crippen LogP) is 3.25. The molecular formula is C16H18FN3O. The van der Waals surface area contributed by atoms with Crippen molar-refractivity contribution in [3.63, 3.8) is 0 Å². The summed E-state index contributed by atoms with van der Waals surface area (Å²) in [6.45, 7) is 2.57. The van der Waals surface area contributed by atoms with Gasteiger partial charge in [-0.25, -0.2) is 9.37 Å². The first-order chi connectivity index (χ1) is 10.1. The lowest BCUT2D eigenvalue weighted by Crippen LogP contribution is -2.32. The van der Waals surface area contributed by atoms with Crippen LogP contribution in [0.1, 0.15) is 30.1 Å². The van der Waals surface area contributed by atoms with Gasteiger partial charge in [0.05, 0.1) is 5.56 Å². The number of hydrogen-bond donors (Lipinski definition) is 1. The molecule has 2 aromatic rings. The Hall–Kier alpha value is -2.43. The van der Waals surface area contributed by atoms with Crippen molar-refractivity contribution in [1.82, 2.24) is 4.98 Å². The molecule has 1 aromatic heterocycles. The van der Waals surface area contributed by atoms with Crippen LogP contribution in [0.2, 0.25) is 0 Å². The van der Waals surface area contributed by atoms with E-state index in [1.54, 1.807) is 4.90 Å². The standard InChI is InChI=1S/C16H18FN3O/c1-2-3-11-20(12-7-5-4-6-8-12)16(21)13-9-10-19-15(18)14(13)17/h4-10H,2-3,11H2,1H3,(H2,18,19). The Morgan fingerprint density at radius 1 is 1.29 bits per heavy atom. The van der Waals surface area contributed by atoms with Gasteiger partial charge in [-0.1, -0.05) is 31.5 Å². The van der Waals surface area contributed by atoms with Crippen molar-refractivity contribution in [2.24, 2.45) is 0 Å². The van der Waals surface area contributed by atoms with E-state index in [2.05, 4.69) is 4.98 Å². The lowest BCUT2D eigenvalue weighted by atomic mass is 10.1. The summed E-state index contributed by atoms with van der Waals surface area (Å²) in [4.78, 5) is 17.8. The van der Waals surface area contributed by atoms with Crippen LogP contribution in [0.15, 0.2) is 42.6 Å². The minimum atomic E-state index is -0.764. The van der Waals surface area contributed by atoms with Crippen LogP contribution in [0, 0.1) is 5.82 Å². The highest BCUT2D eigenvalue weighted by Crippen LogP contribution is 2.20. The second kappa shape index (κ2) is 6.83. The Kier molecular flexibility index (Phi) is 4.87. The summed E-state index contributed by atoms with van der Waals surface area (Å²) in [6, 6.07) is 10.6. The second-order valence-corrected chi connectivity index (χ2v) is 4.70. The predicted molar refractivity (Wildman–Crippen MR) is 81.6 cm³/mol. The molecule has 1 amide bonds. The molecular weight excluding hydrogens is 269 g/mol. The van der Waals surface area contributed by atoms with Gasteiger partial charge in [-0.05, 0) is 24.6 Å². The van der Waals surface area contributed by atoms with Gasteiger partial charge >= 0.3 is 0 Å². The number of hydrogen-bond acceptors (Lipinski definition) is 3. The van der Waals surface area contributed by atoms with Crippen LogP contribution in [0.3, 0.4) is 0 Å². The Bertz CT molecular complexity index is 616. The monoisotopic (exact) mass is 287 g/mol. The van der Waals surface area contributed by atoms with Crippen LogP contribution in [0.5, 0.6) is 0 Å². The van der Waals surface area contributed by atoms with Gasteiger partial charge in [-0.2, -0.15) is 0 Å². The summed E-state index contributed by atoms with van der Waals surface area (Å²) in [5.74, 6) is -1.43. The van der Waals surface area contributed by atoms with Gasteiger partial charge in [0, 0.05) is 18.4 Å². The van der Waals surface area contributed by atoms with Crippen molar-refractivity contribution < 1.29 is 9.18 Å². The largest absolute Gasteiger partial charge is 0.381 e. The molecule has 0 saturated carbocycles. The summed E-state index contributed by atoms with van der Waals surface area (Å²) in [5.41, 5.74) is 6.13. The van der Waals surface area contributed by atoms with E-state index in [4.69, 9.17) is 5.73 Å². The lowest BCUT2D eigenvalue weighted by Gasteiger charge is -2.23. The third-order valence-corrected chi connectivity index (χ3v) is 3.19. The Balaban J connectivity index is 2.36. The molecule has 4 nitrogen and oxygen atoms in total. The molecule has 0 saturated heterocycles. The van der Waals surface area contributed by atoms with Crippen molar-refractivity contribution in [3.05, 3.63) is 54.0 Å². The molecule has 0 aliphatic rings. The first kappa shape index (κ1) is 15.0. The van der Waals surface area contributed by atoms with E-state index < -0.39 is 11.7 Å². The summed E-state index contributed by atoms with van der Waals surface area (Å²) < 4.78 is 14.0. The maximum atomic E-state index is 14.0. The zero-order chi connectivity index (χ0) is 15.2. The molecule has 0 bridgehead atoms. The number of carbonyl (C=O) groups is 1. The van der Waals surface area contributed by atoms with Gasteiger partial charge in [-0.3, -0.25) is 4.79 Å². The van der Waals surface area contributed by atoms with Gasteiger partial charge in [0.2, 0.25) is 0 Å². The third-order valence-electron chi connectivity index (χ3n) is 3.19. The fourth-order valence-corrected chi connectivity index (χ4v) is 2.04. The van der Waals surface area contributed by atoms with E-state index in [0.29, 0.717) is 6.54 Å². The van der Waals surface area contributed by atoms with E-state index in [9.17, 15) is 9.18 Å². The number of halogens is 1. The zero-order valence-corrected chi connectivity index (χ0v) is 11.9. The van der Waals surface area contributed by atoms with E-state index >= 15 is 0 Å². The molecule has 2 rings (SSSR count). The van der Waals surface area contributed by atoms with Crippen molar-refractivity contribution in [1.29, 1.82) is 0 Å². The molecule has 5 heteroatoms. The smallest absolute Gasteiger partial charge is 0.261 e. The van der Waals surface area contributed by atoms with Crippen LogP contribution in [0.25, 0.3) is 0 Å². The number of nitrogens with two attached hydrogens (primary N) is 1. The number of anilines is 2. The number of carbonyl (C=O) groups excluding carboxylic acids is 1. The number of pyridine rings is 1. The summed E-state index contributed by atoms with van der Waals surface area (Å²) in [5, 5.41) is 0. The molecule has 0 aliphatic carbocycles. The molecule has 1 heterocycles. The third kappa shape index (κ3) is 3.37. The molecule has 2 N–H and O–H groups in total. The quantitative estimate of drug-likeness (QED) is 0.918. The van der Waals surface area contributed by atoms with Crippen molar-refractivity contribution >= 4 is 17.4 Å². The number of rotatable bonds is 5. The number of benzene rings is 1. The molecule has 0 unspecified atom stereocenters. The normalized spacial score (nSPS) is 10.4. The second-order valence-electron chi connectivity index (χ2n) is 4.70. The minimum Gasteiger partial charge on any atom is -0.381 e. The van der Waals surface area contributed by atoms with Gasteiger partial charge < -0.3 is 10.6 Å². The van der Waals surface area contributed by atoms with Crippen LogP contribution in [-0.4, -0.2) is 17.4 Å². The first-order valence-electron chi connectivity index (χ1n) is 6.92. The number of amides is 1. The number of unbranched alkanes of at least 4 members (excludes halogenated alkanes) is 1. The van der Waals surface area contributed by atoms with Gasteiger partial charge in [0.1, 0.15) is 0 Å². The fourth-order valence-electron chi connectivity index (χ4n) is 2.04. The van der Waals surface area contributed by atoms with E-state index in [1.165, 1.54) is 12.3 Å². The molecule has 110 valence electrons. The lowest BCUT2D eigenvalue weighted by molar-refractivity contribution is 0.0982. The van der Waals surface area contributed by atoms with Gasteiger partial charge in [0.25, 0.3) is 5.91 Å². The van der Waals surface area contributed by atoms with Crippen LogP contribution in [-0.2, 0) is 0 Å². The topological polar surface area (TPSA) is 59.2 Å². The minimum absolute atomic E-state index is 0.0533. The highest BCUT2D eigenvalue weighted by atomic mass is 19.1. The molecule has 0 atom stereocenters. The average Bonchev–Trinajstić information content (AvgIpc) is 2.51. The first-order valence-corrected chi connectivity index (χ1v) is 6.92. The molecule has 0 radical (unpaired) electrons. The van der Waals surface area contributed by atoms with Crippen molar-refractivity contribution in [2.45, 2.75) is 19.8 Å². The Morgan fingerprint density at radius 3 is 2.67 bits per heavy atom. The fraction of sp³-hybridized carbons (Fsp3) is 0.250. The van der Waals surface area contributed by atoms with E-state index in [0.717, 1.165) is 18.5 Å². The van der Waals surface area contributed by atoms with Gasteiger partial charge in [0.15, 0.2) is 11.6 Å². The molecule has 0 spiro atoms. The summed E-state index contributed by atoms with van der Waals surface area (Å²) >= 11 is 0. The molecule has 0 aliphatic heterocycles. The molecule has 21 heavy (non-hydrogen) atoms. The summed E-state index contributed by atoms with van der Waals surface area (Å²) in [6.07, 6.45) is 3.12. The Labute approximate surface area is 123 Å². The maximum absolute atomic E-state index is 14.0. The highest BCUT2D eigenvalue weighted by Gasteiger charge is 2.21. The summed E-state index contributed by atoms with van der Waals surface area (Å²) in [7, 11) is 0. The Morgan fingerprint density at radius 2 is 2.00 bits per heavy atom. The average molecular weight is 287 g/mol. The SMILES string of the molecule is CCCCN(C(=O)c1ccnc(N)c1F)c1ccccc1. The van der Waals surface area contributed by atoms with Crippen molar-refractivity contribution in [2.75, 3.05) is 17.2 Å². The maximum Gasteiger partial charge on any atom is 0.261 e. The van der Waals surface area contributed by atoms with E-state index in [1.807, 2.05) is 37.3 Å². The van der Waals surface area contributed by atoms with E-state index in [-0.39, 0.29) is 11.4 Å². The van der Waals surface area contributed by atoms with Crippen LogP contribution in [0.4, 0.5) is 15.9 Å².